The minimum atomic E-state index is -0.838. The third kappa shape index (κ3) is 20.1. The number of amides is 3. The Morgan fingerprint density at radius 1 is 0.957 bits per heavy atom. The summed E-state index contributed by atoms with van der Waals surface area (Å²) in [6.07, 6.45) is 5.22. The number of ether oxygens (including phenoxy) is 2. The first kappa shape index (κ1) is 60.1. The van der Waals surface area contributed by atoms with Gasteiger partial charge in [0.2, 0.25) is 5.91 Å². The van der Waals surface area contributed by atoms with E-state index in [-0.39, 0.29) is 91.9 Å². The van der Waals surface area contributed by atoms with Crippen molar-refractivity contribution < 1.29 is 53.2 Å². The van der Waals surface area contributed by atoms with Gasteiger partial charge in [-0.05, 0) is 88.1 Å². The van der Waals surface area contributed by atoms with Crippen molar-refractivity contribution in [3.63, 3.8) is 0 Å². The summed E-state index contributed by atoms with van der Waals surface area (Å²) in [5.41, 5.74) is 1.02. The molecule has 1 aromatic carbocycles. The van der Waals surface area contributed by atoms with Gasteiger partial charge in [0, 0.05) is 59.6 Å². The standard InChI is InChI=1S/C51H79N5O11S3/c1-10-15-46(60)67-31-56(49(62)40(33(6)11-2)27-44(58)42-16-13-14-21-55(42)9)43(32(4)5)25-35(8)48-54-41(30-68-48)47(61)53-38(26-36-17-19-39(57)20-18-36)24-34(7)45(59)28-52-51(65)66-22-23-69-70-29-37(12-3)50(63)64/h17-20,30,32-35,37-38,40,42-43,57H,10-16,21-29,31H2,1-9H3,(H,52,65)(H,53,61)(H,63,64)/t33?,34-,35+,37-,38+,40-,42+,43+/m0/s1. The maximum Gasteiger partial charge on any atom is 0.407 e. The predicted octanol–water partition coefficient (Wildman–Crippen LogP) is 8.76. The van der Waals surface area contributed by atoms with E-state index in [1.807, 2.05) is 55.5 Å². The summed E-state index contributed by atoms with van der Waals surface area (Å²) in [7, 11) is 4.78. The number of piperidine rings is 1. The van der Waals surface area contributed by atoms with Gasteiger partial charge in [0.1, 0.15) is 18.1 Å². The summed E-state index contributed by atoms with van der Waals surface area (Å²) in [6, 6.07) is 5.44. The molecule has 4 N–H and O–H groups in total. The highest BCUT2D eigenvalue weighted by Crippen LogP contribution is 2.33. The van der Waals surface area contributed by atoms with Crippen molar-refractivity contribution in [1.82, 2.24) is 25.4 Å². The Labute approximate surface area is 427 Å². The molecule has 2 aromatic rings. The van der Waals surface area contributed by atoms with E-state index in [2.05, 4.69) is 15.5 Å². The zero-order valence-corrected chi connectivity index (χ0v) is 45.2. The SMILES string of the molecule is CCCC(=O)OCN(C(=O)[C@@H](CC(=O)[C@H]1CCCCN1C)C(C)CC)[C@H](C[C@@H](C)c1nc(C(=O)N[C@@H](Cc2ccc(O)cc2)C[C@H](C)C(=O)CNC(=O)OCCSSC[C@H](CC)C(=O)O)cs1)C(C)C. The molecule has 1 aliphatic heterocycles. The second kappa shape index (κ2) is 31.3. The smallest absolute Gasteiger partial charge is 0.407 e. The van der Waals surface area contributed by atoms with Gasteiger partial charge < -0.3 is 35.2 Å². The quantitative estimate of drug-likeness (QED) is 0.0233. The lowest BCUT2D eigenvalue weighted by atomic mass is 9.82. The van der Waals surface area contributed by atoms with E-state index in [4.69, 9.17) is 14.5 Å². The molecule has 0 radical (unpaired) electrons. The molecule has 2 heterocycles. The number of carboxylic acid groups (broad SMARTS) is 1. The van der Waals surface area contributed by atoms with Crippen LogP contribution in [0, 0.1) is 29.6 Å². The summed E-state index contributed by atoms with van der Waals surface area (Å²) in [6.45, 7) is 15.9. The molecule has 0 saturated carbocycles. The molecular formula is C51H79N5O11S3. The molecule has 19 heteroatoms. The first-order valence-electron chi connectivity index (χ1n) is 24.9. The number of Topliss-reactive ketones (excluding diaryl/α,β-unsaturated/α-hetero) is 2. The fourth-order valence-corrected chi connectivity index (χ4v) is 11.6. The number of phenolic OH excluding ortho intramolecular Hbond substituents is 1. The Balaban J connectivity index is 1.73. The van der Waals surface area contributed by atoms with Crippen LogP contribution in [0.5, 0.6) is 5.75 Å². The summed E-state index contributed by atoms with van der Waals surface area (Å²) in [4.78, 5) is 101. The van der Waals surface area contributed by atoms with E-state index in [1.165, 1.54) is 32.9 Å². The lowest BCUT2D eigenvalue weighted by Crippen LogP contribution is -2.50. The van der Waals surface area contributed by atoms with Crippen molar-refractivity contribution in [2.24, 2.45) is 29.6 Å². The predicted molar refractivity (Wildman–Crippen MR) is 277 cm³/mol. The van der Waals surface area contributed by atoms with Gasteiger partial charge in [0.05, 0.1) is 23.5 Å². The average molecular weight is 1030 g/mol. The summed E-state index contributed by atoms with van der Waals surface area (Å²) < 4.78 is 10.9. The van der Waals surface area contributed by atoms with Crippen LogP contribution in [0.25, 0.3) is 0 Å². The van der Waals surface area contributed by atoms with Crippen molar-refractivity contribution in [2.45, 2.75) is 150 Å². The van der Waals surface area contributed by atoms with E-state index < -0.39 is 53.8 Å². The van der Waals surface area contributed by atoms with Gasteiger partial charge >= 0.3 is 18.0 Å². The number of aromatic hydroxyl groups is 1. The number of thiazole rings is 1. The molecule has 1 aromatic heterocycles. The Bertz CT molecular complexity index is 1980. The van der Waals surface area contributed by atoms with E-state index in [1.54, 1.807) is 41.5 Å². The number of likely N-dealkylation sites (N-methyl/N-ethyl adjacent to an activating group) is 1. The number of hydrogen-bond acceptors (Lipinski definition) is 15. The lowest BCUT2D eigenvalue weighted by molar-refractivity contribution is -0.160. The molecule has 70 heavy (non-hydrogen) atoms. The number of rotatable bonds is 32. The molecule has 16 nitrogen and oxygen atoms in total. The maximum absolute atomic E-state index is 14.8. The number of nitrogens with one attached hydrogen (secondary N) is 2. The van der Waals surface area contributed by atoms with Crippen molar-refractivity contribution in [3.8, 4) is 5.75 Å². The first-order valence-corrected chi connectivity index (χ1v) is 28.3. The normalized spacial score (nSPS) is 17.0. The number of aromatic nitrogens is 1. The Hall–Kier alpha value is -4.20. The van der Waals surface area contributed by atoms with Crippen LogP contribution >= 0.6 is 32.9 Å². The van der Waals surface area contributed by atoms with Crippen LogP contribution in [0.3, 0.4) is 0 Å². The van der Waals surface area contributed by atoms with Gasteiger partial charge in [0.15, 0.2) is 18.3 Å². The van der Waals surface area contributed by atoms with Crippen molar-refractivity contribution in [2.75, 3.05) is 45.0 Å². The number of benzene rings is 1. The molecular weight excluding hydrogens is 955 g/mol. The molecule has 0 aliphatic carbocycles. The van der Waals surface area contributed by atoms with E-state index in [9.17, 15) is 43.8 Å². The van der Waals surface area contributed by atoms with Crippen LogP contribution in [0.1, 0.15) is 147 Å². The van der Waals surface area contributed by atoms with Crippen LogP contribution in [-0.2, 0) is 39.9 Å². The zero-order valence-electron chi connectivity index (χ0n) is 42.7. The number of hydrogen-bond donors (Lipinski definition) is 4. The first-order chi connectivity index (χ1) is 33.3. The van der Waals surface area contributed by atoms with Crippen LogP contribution in [-0.4, -0.2) is 130 Å². The molecule has 1 fully saturated rings. The fourth-order valence-electron chi connectivity index (χ4n) is 8.48. The van der Waals surface area contributed by atoms with Gasteiger partial charge in [-0.15, -0.1) is 11.3 Å². The number of carbonyl (C=O) groups excluding carboxylic acids is 6. The van der Waals surface area contributed by atoms with E-state index in [0.717, 1.165) is 31.4 Å². The molecule has 3 rings (SSSR count). The number of esters is 1. The van der Waals surface area contributed by atoms with Crippen LogP contribution in [0.15, 0.2) is 29.6 Å². The number of carbonyl (C=O) groups is 7. The number of likely N-dealkylation sites (tertiary alicyclic amines) is 1. The maximum atomic E-state index is 14.8. The van der Waals surface area contributed by atoms with Crippen LogP contribution < -0.4 is 10.6 Å². The molecule has 8 atom stereocenters. The van der Waals surface area contributed by atoms with Crippen molar-refractivity contribution in [1.29, 1.82) is 0 Å². The molecule has 3 amide bonds. The molecule has 1 unspecified atom stereocenters. The second-order valence-electron chi connectivity index (χ2n) is 19.1. The van der Waals surface area contributed by atoms with E-state index in [0.29, 0.717) is 48.6 Å². The third-order valence-electron chi connectivity index (χ3n) is 13.2. The fraction of sp³-hybridized carbons (Fsp3) is 0.686. The number of nitrogens with zero attached hydrogens (tertiary/aromatic N) is 3. The van der Waals surface area contributed by atoms with Gasteiger partial charge in [-0.25, -0.2) is 9.78 Å². The minimum absolute atomic E-state index is 0.0628. The van der Waals surface area contributed by atoms with Gasteiger partial charge in [-0.2, -0.15) is 0 Å². The average Bonchev–Trinajstić information content (AvgIpc) is 3.83. The third-order valence-corrected chi connectivity index (χ3v) is 16.7. The molecule has 0 spiro atoms. The molecule has 1 saturated heterocycles. The Morgan fingerprint density at radius 3 is 2.30 bits per heavy atom. The highest BCUT2D eigenvalue weighted by atomic mass is 33.1. The van der Waals surface area contributed by atoms with Gasteiger partial charge in [-0.3, -0.25) is 33.7 Å². The molecule has 392 valence electrons. The van der Waals surface area contributed by atoms with Crippen LogP contribution in [0.2, 0.25) is 0 Å². The molecule has 1 aliphatic rings. The summed E-state index contributed by atoms with van der Waals surface area (Å²) in [5, 5.41) is 27.0. The highest BCUT2D eigenvalue weighted by Gasteiger charge is 2.39. The Morgan fingerprint density at radius 2 is 1.67 bits per heavy atom. The summed E-state index contributed by atoms with van der Waals surface area (Å²) >= 11 is 1.33. The largest absolute Gasteiger partial charge is 0.508 e. The summed E-state index contributed by atoms with van der Waals surface area (Å²) in [5.74, 6) is -3.08. The second-order valence-corrected chi connectivity index (χ2v) is 22.6. The zero-order chi connectivity index (χ0) is 51.9. The molecule has 0 bridgehead atoms. The highest BCUT2D eigenvalue weighted by molar-refractivity contribution is 8.76. The number of ketones is 2. The Kier molecular flexibility index (Phi) is 26.9. The number of alkyl carbamates (subject to hydrolysis) is 1. The van der Waals surface area contributed by atoms with Gasteiger partial charge in [0.25, 0.3) is 5.91 Å². The number of aliphatic carboxylic acids is 1. The number of carboxylic acids is 1. The van der Waals surface area contributed by atoms with Crippen molar-refractivity contribution >= 4 is 74.3 Å². The minimum Gasteiger partial charge on any atom is -0.508 e. The monoisotopic (exact) mass is 1030 g/mol. The van der Waals surface area contributed by atoms with E-state index >= 15 is 0 Å². The number of phenols is 1. The topological polar surface area (TPSA) is 222 Å². The lowest BCUT2D eigenvalue weighted by Gasteiger charge is -2.39. The van der Waals surface area contributed by atoms with Crippen molar-refractivity contribution in [3.05, 3.63) is 45.9 Å². The van der Waals surface area contributed by atoms with Gasteiger partial charge in [-0.1, -0.05) is 102 Å². The van der Waals surface area contributed by atoms with Crippen LogP contribution in [0.4, 0.5) is 4.79 Å².